The lowest BCUT2D eigenvalue weighted by Crippen LogP contribution is -2.42. The summed E-state index contributed by atoms with van der Waals surface area (Å²) in [5.41, 5.74) is -0.467. The van der Waals surface area contributed by atoms with E-state index in [4.69, 9.17) is 16.3 Å². The molecule has 0 saturated heterocycles. The molecule has 21 heavy (non-hydrogen) atoms. The molecule has 1 unspecified atom stereocenters. The minimum absolute atomic E-state index is 0.225. The minimum atomic E-state index is -0.467. The molecule has 1 heterocycles. The summed E-state index contributed by atoms with van der Waals surface area (Å²) < 4.78 is 6.04. The number of nitrogens with one attached hydrogen (secondary N) is 2. The van der Waals surface area contributed by atoms with Crippen LogP contribution in [0.2, 0.25) is 4.34 Å². The fraction of sp³-hybridized carbons (Fsp3) is 0.667. The highest BCUT2D eigenvalue weighted by molar-refractivity contribution is 7.16. The van der Waals surface area contributed by atoms with Crippen molar-refractivity contribution in [1.29, 1.82) is 0 Å². The first-order valence-electron chi connectivity index (χ1n) is 7.24. The monoisotopic (exact) mass is 332 g/mol. The Kier molecular flexibility index (Phi) is 7.49. The summed E-state index contributed by atoms with van der Waals surface area (Å²) in [5, 5.41) is 6.27. The number of carbonyl (C=O) groups is 1. The molecule has 0 aliphatic heterocycles. The van der Waals surface area contributed by atoms with Gasteiger partial charge in [0.25, 0.3) is 0 Å². The van der Waals surface area contributed by atoms with E-state index >= 15 is 0 Å². The van der Waals surface area contributed by atoms with Crippen LogP contribution in [0.3, 0.4) is 0 Å². The maximum atomic E-state index is 11.7. The average molecular weight is 333 g/mol. The maximum absolute atomic E-state index is 11.7. The molecule has 1 aromatic heterocycles. The predicted molar refractivity (Wildman–Crippen MR) is 89.1 cm³/mol. The van der Waals surface area contributed by atoms with E-state index in [0.717, 1.165) is 23.7 Å². The van der Waals surface area contributed by atoms with Gasteiger partial charge in [-0.1, -0.05) is 24.9 Å². The highest BCUT2D eigenvalue weighted by Crippen LogP contribution is 2.21. The molecular weight excluding hydrogens is 308 g/mol. The molecule has 0 fully saturated rings. The summed E-state index contributed by atoms with van der Waals surface area (Å²) >= 11 is 7.49. The summed E-state index contributed by atoms with van der Waals surface area (Å²) in [6, 6.07) is 4.14. The predicted octanol–water partition coefficient (Wildman–Crippen LogP) is 4.18. The molecule has 0 aliphatic carbocycles. The van der Waals surface area contributed by atoms with Gasteiger partial charge in [0.05, 0.1) is 4.34 Å². The van der Waals surface area contributed by atoms with Crippen molar-refractivity contribution >= 4 is 29.0 Å². The van der Waals surface area contributed by atoms with Gasteiger partial charge in [0, 0.05) is 24.0 Å². The van der Waals surface area contributed by atoms with Crippen LogP contribution in [0, 0.1) is 0 Å². The number of halogens is 1. The van der Waals surface area contributed by atoms with Crippen LogP contribution < -0.4 is 10.6 Å². The second-order valence-corrected chi connectivity index (χ2v) is 7.75. The lowest BCUT2D eigenvalue weighted by atomic mass is 10.1. The van der Waals surface area contributed by atoms with Gasteiger partial charge in [-0.25, -0.2) is 4.79 Å². The minimum Gasteiger partial charge on any atom is -0.444 e. The SMILES string of the molecule is CCCC(CNC(=O)OC(C)(C)C)NCc1ccc(Cl)s1. The highest BCUT2D eigenvalue weighted by atomic mass is 35.5. The van der Waals surface area contributed by atoms with Crippen molar-refractivity contribution < 1.29 is 9.53 Å². The van der Waals surface area contributed by atoms with Crippen molar-refractivity contribution in [3.8, 4) is 0 Å². The number of hydrogen-bond donors (Lipinski definition) is 2. The fourth-order valence-electron chi connectivity index (χ4n) is 1.84. The van der Waals surface area contributed by atoms with Gasteiger partial charge in [0.15, 0.2) is 0 Å². The molecule has 0 radical (unpaired) electrons. The van der Waals surface area contributed by atoms with Crippen molar-refractivity contribution in [2.24, 2.45) is 0 Å². The largest absolute Gasteiger partial charge is 0.444 e. The quantitative estimate of drug-likeness (QED) is 0.787. The molecule has 0 aliphatic rings. The van der Waals surface area contributed by atoms with Crippen molar-refractivity contribution in [2.45, 2.75) is 58.7 Å². The Bertz CT molecular complexity index is 443. The van der Waals surface area contributed by atoms with Crippen molar-refractivity contribution in [3.63, 3.8) is 0 Å². The number of carbonyl (C=O) groups excluding carboxylic acids is 1. The number of thiophene rings is 1. The molecule has 1 aromatic rings. The van der Waals surface area contributed by atoms with E-state index in [-0.39, 0.29) is 12.1 Å². The maximum Gasteiger partial charge on any atom is 0.407 e. The van der Waals surface area contributed by atoms with Gasteiger partial charge in [-0.05, 0) is 39.3 Å². The first kappa shape index (κ1) is 18.3. The van der Waals surface area contributed by atoms with Crippen LogP contribution in [0.5, 0.6) is 0 Å². The second kappa shape index (κ2) is 8.61. The number of ether oxygens (including phenoxy) is 1. The highest BCUT2D eigenvalue weighted by Gasteiger charge is 2.17. The van der Waals surface area contributed by atoms with Gasteiger partial charge >= 0.3 is 6.09 Å². The fourth-order valence-corrected chi connectivity index (χ4v) is 2.88. The zero-order valence-electron chi connectivity index (χ0n) is 13.2. The average Bonchev–Trinajstić information content (AvgIpc) is 2.76. The third-order valence-electron chi connectivity index (χ3n) is 2.72. The van der Waals surface area contributed by atoms with Gasteiger partial charge < -0.3 is 15.4 Å². The van der Waals surface area contributed by atoms with E-state index < -0.39 is 5.60 Å². The van der Waals surface area contributed by atoms with Crippen LogP contribution in [0.15, 0.2) is 12.1 Å². The molecule has 4 nitrogen and oxygen atoms in total. The van der Waals surface area contributed by atoms with Gasteiger partial charge in [-0.2, -0.15) is 0 Å². The first-order valence-corrected chi connectivity index (χ1v) is 8.44. The smallest absolute Gasteiger partial charge is 0.407 e. The molecule has 0 aromatic carbocycles. The van der Waals surface area contributed by atoms with Gasteiger partial charge in [-0.3, -0.25) is 0 Å². The van der Waals surface area contributed by atoms with E-state index in [0.29, 0.717) is 6.54 Å². The van der Waals surface area contributed by atoms with Crippen molar-refractivity contribution in [2.75, 3.05) is 6.54 Å². The van der Waals surface area contributed by atoms with Gasteiger partial charge in [-0.15, -0.1) is 11.3 Å². The Morgan fingerprint density at radius 1 is 1.43 bits per heavy atom. The van der Waals surface area contributed by atoms with Crippen molar-refractivity contribution in [3.05, 3.63) is 21.3 Å². The topological polar surface area (TPSA) is 50.4 Å². The standard InChI is InChI=1S/C15H25ClN2O2S/c1-5-6-11(9-18-14(19)20-15(2,3)4)17-10-12-7-8-13(16)21-12/h7-8,11,17H,5-6,9-10H2,1-4H3,(H,18,19). The molecule has 0 saturated carbocycles. The Balaban J connectivity index is 2.37. The molecular formula is C15H25ClN2O2S. The van der Waals surface area contributed by atoms with Crippen LogP contribution in [0.4, 0.5) is 4.79 Å². The molecule has 2 N–H and O–H groups in total. The molecule has 0 spiro atoms. The summed E-state index contributed by atoms with van der Waals surface area (Å²) in [5.74, 6) is 0. The number of rotatable bonds is 7. The molecule has 6 heteroatoms. The third-order valence-corrected chi connectivity index (χ3v) is 3.95. The summed E-state index contributed by atoms with van der Waals surface area (Å²) in [6.45, 7) is 9.02. The number of amides is 1. The van der Waals surface area contributed by atoms with Gasteiger partial charge in [0.2, 0.25) is 0 Å². The lowest BCUT2D eigenvalue weighted by molar-refractivity contribution is 0.0521. The summed E-state index contributed by atoms with van der Waals surface area (Å²) in [7, 11) is 0. The molecule has 120 valence electrons. The Hall–Kier alpha value is -0.780. The van der Waals surface area contributed by atoms with Crippen LogP contribution in [0.1, 0.15) is 45.4 Å². The molecule has 1 atom stereocenters. The van der Waals surface area contributed by atoms with Gasteiger partial charge in [0.1, 0.15) is 5.60 Å². The van der Waals surface area contributed by atoms with Crippen LogP contribution in [-0.2, 0) is 11.3 Å². The van der Waals surface area contributed by atoms with E-state index in [2.05, 4.69) is 17.6 Å². The zero-order chi connectivity index (χ0) is 15.9. The van der Waals surface area contributed by atoms with Crippen molar-refractivity contribution in [1.82, 2.24) is 10.6 Å². The second-order valence-electron chi connectivity index (χ2n) is 5.96. The summed E-state index contributed by atoms with van der Waals surface area (Å²) in [4.78, 5) is 12.9. The van der Waals surface area contributed by atoms with E-state index in [9.17, 15) is 4.79 Å². The Morgan fingerprint density at radius 3 is 2.67 bits per heavy atom. The zero-order valence-corrected chi connectivity index (χ0v) is 14.7. The normalized spacial score (nSPS) is 13.0. The Labute approximate surface area is 136 Å². The number of alkyl carbamates (subject to hydrolysis) is 1. The van der Waals surface area contributed by atoms with E-state index in [1.54, 1.807) is 11.3 Å². The summed E-state index contributed by atoms with van der Waals surface area (Å²) in [6.07, 6.45) is 1.68. The molecule has 1 amide bonds. The van der Waals surface area contributed by atoms with Crippen LogP contribution in [0.25, 0.3) is 0 Å². The van der Waals surface area contributed by atoms with Crippen LogP contribution in [-0.4, -0.2) is 24.3 Å². The third kappa shape index (κ3) is 8.29. The number of hydrogen-bond acceptors (Lipinski definition) is 4. The first-order chi connectivity index (χ1) is 9.80. The Morgan fingerprint density at radius 2 is 2.14 bits per heavy atom. The molecule has 0 bridgehead atoms. The molecule has 1 rings (SSSR count). The van der Waals surface area contributed by atoms with E-state index in [1.165, 1.54) is 4.88 Å². The van der Waals surface area contributed by atoms with E-state index in [1.807, 2.05) is 32.9 Å². The lowest BCUT2D eigenvalue weighted by Gasteiger charge is -2.22. The van der Waals surface area contributed by atoms with Crippen LogP contribution >= 0.6 is 22.9 Å².